The molecule has 6 nitrogen and oxygen atoms in total. The van der Waals surface area contributed by atoms with Gasteiger partial charge < -0.3 is 10.1 Å². The van der Waals surface area contributed by atoms with Crippen molar-refractivity contribution in [1.82, 2.24) is 20.2 Å². The van der Waals surface area contributed by atoms with Crippen LogP contribution < -0.4 is 10.1 Å². The molecule has 3 rings (SSSR count). The maximum atomic E-state index is 5.09. The number of rotatable bonds is 3. The van der Waals surface area contributed by atoms with Crippen LogP contribution in [0.2, 0.25) is 0 Å². The second kappa shape index (κ2) is 4.64. The number of hydrogen-bond donors (Lipinski definition) is 2. The smallest absolute Gasteiger partial charge is 0.226 e. The van der Waals surface area contributed by atoms with Gasteiger partial charge in [-0.05, 0) is 24.8 Å². The molecule has 0 saturated carbocycles. The topological polar surface area (TPSA) is 75.7 Å². The van der Waals surface area contributed by atoms with E-state index in [-0.39, 0.29) is 6.04 Å². The van der Waals surface area contributed by atoms with Crippen molar-refractivity contribution in [2.24, 2.45) is 0 Å². The van der Waals surface area contributed by atoms with E-state index in [4.69, 9.17) is 4.74 Å². The maximum absolute atomic E-state index is 5.09. The number of hydrogen-bond acceptors (Lipinski definition) is 5. The summed E-state index contributed by atoms with van der Waals surface area (Å²) >= 11 is 0. The van der Waals surface area contributed by atoms with Crippen molar-refractivity contribution in [1.29, 1.82) is 0 Å². The average Bonchev–Trinajstić information content (AvgIpc) is 2.88. The van der Waals surface area contributed by atoms with E-state index in [1.54, 1.807) is 19.4 Å². The van der Waals surface area contributed by atoms with Gasteiger partial charge in [-0.3, -0.25) is 5.10 Å². The summed E-state index contributed by atoms with van der Waals surface area (Å²) in [6.45, 7) is 0. The molecule has 1 unspecified atom stereocenters. The molecule has 0 fully saturated rings. The first-order valence-electron chi connectivity index (χ1n) is 6.02. The molecule has 6 heteroatoms. The fourth-order valence-corrected chi connectivity index (χ4v) is 2.29. The zero-order valence-electron chi connectivity index (χ0n) is 10.2. The van der Waals surface area contributed by atoms with Gasteiger partial charge in [0.2, 0.25) is 11.8 Å². The van der Waals surface area contributed by atoms with Crippen LogP contribution in [0.15, 0.2) is 18.5 Å². The van der Waals surface area contributed by atoms with Gasteiger partial charge in [0.25, 0.3) is 0 Å². The highest BCUT2D eigenvalue weighted by Gasteiger charge is 2.22. The second-order valence-corrected chi connectivity index (χ2v) is 4.32. The third kappa shape index (κ3) is 2.01. The molecular weight excluding hydrogens is 230 g/mol. The summed E-state index contributed by atoms with van der Waals surface area (Å²) in [7, 11) is 1.60. The van der Waals surface area contributed by atoms with Crippen molar-refractivity contribution in [3.63, 3.8) is 0 Å². The fourth-order valence-electron chi connectivity index (χ4n) is 2.29. The molecule has 0 aliphatic heterocycles. The number of fused-ring (bicyclic) bond motifs is 1. The number of methoxy groups -OCH3 is 1. The van der Waals surface area contributed by atoms with Crippen LogP contribution in [0.4, 0.5) is 5.95 Å². The highest BCUT2D eigenvalue weighted by atomic mass is 16.5. The van der Waals surface area contributed by atoms with Crippen molar-refractivity contribution in [3.8, 4) is 5.88 Å². The Morgan fingerprint density at radius 1 is 1.50 bits per heavy atom. The molecule has 94 valence electrons. The molecule has 18 heavy (non-hydrogen) atoms. The van der Waals surface area contributed by atoms with Crippen LogP contribution in [0, 0.1) is 0 Å². The lowest BCUT2D eigenvalue weighted by molar-refractivity contribution is 0.397. The molecular formula is C12H15N5O. The predicted octanol–water partition coefficient (Wildman–Crippen LogP) is 1.70. The van der Waals surface area contributed by atoms with Gasteiger partial charge in [0.15, 0.2) is 0 Å². The van der Waals surface area contributed by atoms with E-state index in [1.807, 2.05) is 6.20 Å². The molecule has 0 radical (unpaired) electrons. The lowest BCUT2D eigenvalue weighted by Gasteiger charge is -2.22. The second-order valence-electron chi connectivity index (χ2n) is 4.32. The van der Waals surface area contributed by atoms with Gasteiger partial charge in [-0.2, -0.15) is 10.1 Å². The summed E-state index contributed by atoms with van der Waals surface area (Å²) < 4.78 is 5.09. The molecule has 0 amide bonds. The van der Waals surface area contributed by atoms with Crippen LogP contribution in [0.1, 0.15) is 30.1 Å². The fraction of sp³-hybridized carbons (Fsp3) is 0.417. The van der Waals surface area contributed by atoms with E-state index >= 15 is 0 Å². The van der Waals surface area contributed by atoms with Crippen molar-refractivity contribution in [2.75, 3.05) is 12.4 Å². The molecule has 1 atom stereocenters. The average molecular weight is 245 g/mol. The number of aryl methyl sites for hydroxylation is 1. The maximum Gasteiger partial charge on any atom is 0.226 e. The molecule has 1 aliphatic carbocycles. The van der Waals surface area contributed by atoms with E-state index in [0.29, 0.717) is 11.8 Å². The Morgan fingerprint density at radius 3 is 3.33 bits per heavy atom. The van der Waals surface area contributed by atoms with Crippen LogP contribution in [0.25, 0.3) is 0 Å². The van der Waals surface area contributed by atoms with Gasteiger partial charge >= 0.3 is 0 Å². The monoisotopic (exact) mass is 245 g/mol. The zero-order chi connectivity index (χ0) is 12.4. The number of anilines is 1. The Hall–Kier alpha value is -2.11. The van der Waals surface area contributed by atoms with Gasteiger partial charge in [-0.25, -0.2) is 4.98 Å². The first-order chi connectivity index (χ1) is 8.86. The largest absolute Gasteiger partial charge is 0.481 e. The first kappa shape index (κ1) is 11.0. The molecule has 2 aromatic rings. The molecule has 1 aliphatic rings. The Bertz CT molecular complexity index is 539. The highest BCUT2D eigenvalue weighted by molar-refractivity contribution is 5.34. The molecule has 0 bridgehead atoms. The van der Waals surface area contributed by atoms with Gasteiger partial charge in [0, 0.05) is 12.3 Å². The highest BCUT2D eigenvalue weighted by Crippen LogP contribution is 2.29. The Balaban J connectivity index is 1.81. The van der Waals surface area contributed by atoms with Gasteiger partial charge in [0.1, 0.15) is 0 Å². The minimum Gasteiger partial charge on any atom is -0.481 e. The summed E-state index contributed by atoms with van der Waals surface area (Å²) in [5.41, 5.74) is 2.43. The lowest BCUT2D eigenvalue weighted by atomic mass is 9.94. The van der Waals surface area contributed by atoms with Crippen LogP contribution in [0.5, 0.6) is 5.88 Å². The van der Waals surface area contributed by atoms with E-state index in [1.165, 1.54) is 5.56 Å². The van der Waals surface area contributed by atoms with Crippen molar-refractivity contribution >= 4 is 5.95 Å². The summed E-state index contributed by atoms with van der Waals surface area (Å²) in [5, 5.41) is 10.5. The molecule has 0 aromatic carbocycles. The number of H-pyrrole nitrogens is 1. The normalized spacial score (nSPS) is 18.2. The number of aromatic nitrogens is 4. The lowest BCUT2D eigenvalue weighted by Crippen LogP contribution is -2.18. The van der Waals surface area contributed by atoms with E-state index in [9.17, 15) is 0 Å². The summed E-state index contributed by atoms with van der Waals surface area (Å²) in [4.78, 5) is 8.47. The third-order valence-electron chi connectivity index (χ3n) is 3.18. The van der Waals surface area contributed by atoms with Crippen molar-refractivity contribution < 1.29 is 4.74 Å². The molecule has 0 spiro atoms. The summed E-state index contributed by atoms with van der Waals surface area (Å²) in [5.74, 6) is 1.15. The SMILES string of the molecule is COc1ccnc(NC2CCCc3cn[nH]c32)n1. The first-order valence-corrected chi connectivity index (χ1v) is 6.02. The Labute approximate surface area is 105 Å². The van der Waals surface area contributed by atoms with Crippen LogP contribution in [-0.2, 0) is 6.42 Å². The Morgan fingerprint density at radius 2 is 2.44 bits per heavy atom. The van der Waals surface area contributed by atoms with E-state index in [0.717, 1.165) is 25.0 Å². The van der Waals surface area contributed by atoms with Crippen molar-refractivity contribution in [2.45, 2.75) is 25.3 Å². The number of nitrogens with zero attached hydrogens (tertiary/aromatic N) is 3. The zero-order valence-corrected chi connectivity index (χ0v) is 10.2. The Kier molecular flexibility index (Phi) is 2.84. The predicted molar refractivity (Wildman–Crippen MR) is 66.5 cm³/mol. The van der Waals surface area contributed by atoms with Crippen LogP contribution in [0.3, 0.4) is 0 Å². The van der Waals surface area contributed by atoms with Crippen LogP contribution in [-0.4, -0.2) is 27.3 Å². The molecule has 2 N–H and O–H groups in total. The van der Waals surface area contributed by atoms with E-state index in [2.05, 4.69) is 25.5 Å². The minimum atomic E-state index is 0.198. The molecule has 2 aromatic heterocycles. The minimum absolute atomic E-state index is 0.198. The molecule has 0 saturated heterocycles. The third-order valence-corrected chi connectivity index (χ3v) is 3.18. The van der Waals surface area contributed by atoms with Gasteiger partial charge in [-0.15, -0.1) is 0 Å². The number of ether oxygens (including phenoxy) is 1. The number of nitrogens with one attached hydrogen (secondary N) is 2. The van der Waals surface area contributed by atoms with Crippen molar-refractivity contribution in [3.05, 3.63) is 29.7 Å². The van der Waals surface area contributed by atoms with Crippen LogP contribution >= 0.6 is 0 Å². The van der Waals surface area contributed by atoms with Gasteiger partial charge in [-0.1, -0.05) is 0 Å². The standard InChI is InChI=1S/C12H15N5O/c1-18-10-5-6-13-12(16-10)15-9-4-2-3-8-7-14-17-11(8)9/h5-7,9H,2-4H2,1H3,(H,14,17)(H,13,15,16). The summed E-state index contributed by atoms with van der Waals surface area (Å²) in [6, 6.07) is 1.93. The molecule has 2 heterocycles. The van der Waals surface area contributed by atoms with Gasteiger partial charge in [0.05, 0.1) is 25.0 Å². The quantitative estimate of drug-likeness (QED) is 0.860. The summed E-state index contributed by atoms with van der Waals surface area (Å²) in [6.07, 6.45) is 6.87. The number of aromatic amines is 1. The van der Waals surface area contributed by atoms with E-state index < -0.39 is 0 Å².